The van der Waals surface area contributed by atoms with Crippen LogP contribution in [0.5, 0.6) is 0 Å². The van der Waals surface area contributed by atoms with Crippen molar-refractivity contribution in [1.29, 1.82) is 0 Å². The fraction of sp³-hybridized carbons (Fsp3) is 0.333. The SMILES string of the molecule is Cc1csc2c(N3CCNC(C(=O)NCc4ccccn4)C3)ncnc12. The third-order valence-electron chi connectivity index (χ3n) is 4.47. The molecule has 3 aromatic rings. The monoisotopic (exact) mass is 368 g/mol. The lowest BCUT2D eigenvalue weighted by Gasteiger charge is -2.33. The Bertz CT molecular complexity index is 912. The van der Waals surface area contributed by atoms with E-state index >= 15 is 0 Å². The van der Waals surface area contributed by atoms with Gasteiger partial charge < -0.3 is 15.5 Å². The average molecular weight is 368 g/mol. The molecular weight excluding hydrogens is 348 g/mol. The molecule has 0 bridgehead atoms. The molecular formula is C18H20N6OS. The van der Waals surface area contributed by atoms with Crippen molar-refractivity contribution in [3.05, 3.63) is 47.4 Å². The molecule has 26 heavy (non-hydrogen) atoms. The molecule has 134 valence electrons. The first-order valence-corrected chi connectivity index (χ1v) is 9.45. The number of nitrogens with one attached hydrogen (secondary N) is 2. The van der Waals surface area contributed by atoms with Gasteiger partial charge in [-0.3, -0.25) is 9.78 Å². The molecule has 0 aromatic carbocycles. The van der Waals surface area contributed by atoms with Gasteiger partial charge in [-0.25, -0.2) is 9.97 Å². The number of piperazine rings is 1. The maximum atomic E-state index is 12.6. The topological polar surface area (TPSA) is 83.0 Å². The van der Waals surface area contributed by atoms with Crippen LogP contribution in [0, 0.1) is 6.92 Å². The zero-order valence-electron chi connectivity index (χ0n) is 14.5. The van der Waals surface area contributed by atoms with E-state index in [-0.39, 0.29) is 11.9 Å². The first-order chi connectivity index (χ1) is 12.7. The predicted molar refractivity (Wildman–Crippen MR) is 102 cm³/mol. The number of fused-ring (bicyclic) bond motifs is 1. The third kappa shape index (κ3) is 3.38. The standard InChI is InChI=1S/C18H20N6OS/c1-12-10-26-16-15(12)22-11-23-17(16)24-7-6-20-14(9-24)18(25)21-8-13-4-2-3-5-19-13/h2-5,10-11,14,20H,6-9H2,1H3,(H,21,25). The molecule has 0 spiro atoms. The van der Waals surface area contributed by atoms with E-state index in [0.29, 0.717) is 13.1 Å². The zero-order chi connectivity index (χ0) is 17.9. The van der Waals surface area contributed by atoms with Crippen LogP contribution in [0.25, 0.3) is 10.2 Å². The van der Waals surface area contributed by atoms with E-state index < -0.39 is 0 Å². The number of anilines is 1. The highest BCUT2D eigenvalue weighted by molar-refractivity contribution is 7.18. The van der Waals surface area contributed by atoms with Crippen molar-refractivity contribution in [2.24, 2.45) is 0 Å². The van der Waals surface area contributed by atoms with Gasteiger partial charge >= 0.3 is 0 Å². The van der Waals surface area contributed by atoms with Crippen molar-refractivity contribution in [3.63, 3.8) is 0 Å². The Kier molecular flexibility index (Phi) is 4.77. The minimum absolute atomic E-state index is 0.0204. The molecule has 2 N–H and O–H groups in total. The highest BCUT2D eigenvalue weighted by atomic mass is 32.1. The molecule has 0 saturated carbocycles. The zero-order valence-corrected chi connectivity index (χ0v) is 15.3. The van der Waals surface area contributed by atoms with Crippen molar-refractivity contribution in [3.8, 4) is 0 Å². The molecule has 8 heteroatoms. The number of aromatic nitrogens is 3. The maximum Gasteiger partial charge on any atom is 0.239 e. The minimum Gasteiger partial charge on any atom is -0.352 e. The summed E-state index contributed by atoms with van der Waals surface area (Å²) in [4.78, 5) is 27.8. The molecule has 1 fully saturated rings. The normalized spacial score (nSPS) is 17.4. The Morgan fingerprint density at radius 2 is 2.31 bits per heavy atom. The van der Waals surface area contributed by atoms with Crippen LogP contribution in [0.2, 0.25) is 0 Å². The number of pyridine rings is 1. The van der Waals surface area contributed by atoms with Gasteiger partial charge in [0.25, 0.3) is 0 Å². The minimum atomic E-state index is -0.279. The maximum absolute atomic E-state index is 12.6. The Morgan fingerprint density at radius 1 is 1.38 bits per heavy atom. The summed E-state index contributed by atoms with van der Waals surface area (Å²) in [5, 5.41) is 8.35. The fourth-order valence-electron chi connectivity index (χ4n) is 3.10. The van der Waals surface area contributed by atoms with Crippen LogP contribution in [-0.2, 0) is 11.3 Å². The van der Waals surface area contributed by atoms with Crippen LogP contribution in [0.15, 0.2) is 36.1 Å². The molecule has 3 aromatic heterocycles. The third-order valence-corrected chi connectivity index (χ3v) is 5.56. The number of thiophene rings is 1. The number of amides is 1. The summed E-state index contributed by atoms with van der Waals surface area (Å²) >= 11 is 1.66. The van der Waals surface area contributed by atoms with Gasteiger partial charge in [-0.1, -0.05) is 6.07 Å². The Hall–Kier alpha value is -2.58. The van der Waals surface area contributed by atoms with Crippen LogP contribution < -0.4 is 15.5 Å². The van der Waals surface area contributed by atoms with Crippen LogP contribution in [0.3, 0.4) is 0 Å². The van der Waals surface area contributed by atoms with E-state index in [4.69, 9.17) is 0 Å². The lowest BCUT2D eigenvalue weighted by molar-refractivity contribution is -0.123. The molecule has 7 nitrogen and oxygen atoms in total. The predicted octanol–water partition coefficient (Wildman–Crippen LogP) is 1.49. The van der Waals surface area contributed by atoms with Crippen LogP contribution in [-0.4, -0.2) is 46.5 Å². The molecule has 1 aliphatic rings. The Balaban J connectivity index is 1.46. The molecule has 1 atom stereocenters. The summed E-state index contributed by atoms with van der Waals surface area (Å²) in [6, 6.07) is 5.40. The summed E-state index contributed by atoms with van der Waals surface area (Å²) in [6.07, 6.45) is 3.33. The van der Waals surface area contributed by atoms with Gasteiger partial charge in [0.2, 0.25) is 5.91 Å². The fourth-order valence-corrected chi connectivity index (χ4v) is 4.12. The number of carbonyl (C=O) groups excluding carboxylic acids is 1. The molecule has 1 aliphatic heterocycles. The van der Waals surface area contributed by atoms with Crippen LogP contribution in [0.4, 0.5) is 5.82 Å². The van der Waals surface area contributed by atoms with E-state index in [2.05, 4.69) is 42.8 Å². The van der Waals surface area contributed by atoms with E-state index in [1.54, 1.807) is 23.9 Å². The number of rotatable bonds is 4. The van der Waals surface area contributed by atoms with Crippen molar-refractivity contribution < 1.29 is 4.79 Å². The molecule has 1 amide bonds. The first-order valence-electron chi connectivity index (χ1n) is 8.57. The van der Waals surface area contributed by atoms with Gasteiger partial charge in [0.05, 0.1) is 22.5 Å². The summed E-state index contributed by atoms with van der Waals surface area (Å²) in [6.45, 7) is 4.61. The van der Waals surface area contributed by atoms with E-state index in [1.165, 1.54) is 0 Å². The smallest absolute Gasteiger partial charge is 0.239 e. The summed E-state index contributed by atoms with van der Waals surface area (Å²) < 4.78 is 1.08. The lowest BCUT2D eigenvalue weighted by Crippen LogP contribution is -2.57. The van der Waals surface area contributed by atoms with Gasteiger partial charge in [-0.15, -0.1) is 11.3 Å². The molecule has 4 heterocycles. The van der Waals surface area contributed by atoms with Gasteiger partial charge in [-0.05, 0) is 30.0 Å². The van der Waals surface area contributed by atoms with Crippen molar-refractivity contribution >= 4 is 33.3 Å². The van der Waals surface area contributed by atoms with Crippen molar-refractivity contribution in [1.82, 2.24) is 25.6 Å². The molecule has 0 aliphatic carbocycles. The van der Waals surface area contributed by atoms with E-state index in [9.17, 15) is 4.79 Å². The highest BCUT2D eigenvalue weighted by Gasteiger charge is 2.27. The number of nitrogens with zero attached hydrogens (tertiary/aromatic N) is 4. The Labute approximate surface area is 155 Å². The lowest BCUT2D eigenvalue weighted by atomic mass is 10.2. The van der Waals surface area contributed by atoms with Gasteiger partial charge in [0.15, 0.2) is 0 Å². The summed E-state index contributed by atoms with van der Waals surface area (Å²) in [5.41, 5.74) is 3.00. The second-order valence-corrected chi connectivity index (χ2v) is 7.16. The van der Waals surface area contributed by atoms with Gasteiger partial charge in [0, 0.05) is 25.8 Å². The molecule has 0 radical (unpaired) electrons. The van der Waals surface area contributed by atoms with Crippen LogP contribution >= 0.6 is 11.3 Å². The summed E-state index contributed by atoms with van der Waals surface area (Å²) in [7, 11) is 0. The van der Waals surface area contributed by atoms with E-state index in [0.717, 1.165) is 40.4 Å². The molecule has 1 unspecified atom stereocenters. The average Bonchev–Trinajstić information content (AvgIpc) is 3.08. The quantitative estimate of drug-likeness (QED) is 0.726. The second-order valence-electron chi connectivity index (χ2n) is 6.29. The second kappa shape index (κ2) is 7.35. The molecule has 1 saturated heterocycles. The molecule has 4 rings (SSSR count). The largest absolute Gasteiger partial charge is 0.352 e. The number of hydrogen-bond donors (Lipinski definition) is 2. The Morgan fingerprint density at radius 3 is 3.15 bits per heavy atom. The van der Waals surface area contributed by atoms with Gasteiger partial charge in [-0.2, -0.15) is 0 Å². The van der Waals surface area contributed by atoms with Crippen LogP contribution in [0.1, 0.15) is 11.3 Å². The number of carbonyl (C=O) groups is 1. The van der Waals surface area contributed by atoms with Gasteiger partial charge in [0.1, 0.15) is 18.2 Å². The first kappa shape index (κ1) is 16.9. The van der Waals surface area contributed by atoms with Crippen molar-refractivity contribution in [2.75, 3.05) is 24.5 Å². The van der Waals surface area contributed by atoms with E-state index in [1.807, 2.05) is 18.2 Å². The number of aryl methyl sites for hydroxylation is 1. The highest BCUT2D eigenvalue weighted by Crippen LogP contribution is 2.31. The van der Waals surface area contributed by atoms with Crippen molar-refractivity contribution in [2.45, 2.75) is 19.5 Å². The number of hydrogen-bond acceptors (Lipinski definition) is 7. The summed E-state index contributed by atoms with van der Waals surface area (Å²) in [5.74, 6) is 0.894.